The van der Waals surface area contributed by atoms with E-state index in [1.54, 1.807) is 0 Å². The molecule has 1 nitrogen and oxygen atoms in total. The topological polar surface area (TPSA) is 14.1 Å². The van der Waals surface area contributed by atoms with Crippen molar-refractivity contribution >= 4 is 0 Å². The Bertz CT molecular complexity index is 21.5. The van der Waals surface area contributed by atoms with Crippen LogP contribution < -0.4 is 51.4 Å². The van der Waals surface area contributed by atoms with Gasteiger partial charge < -0.3 is 5.32 Å². The van der Waals surface area contributed by atoms with Crippen molar-refractivity contribution in [1.29, 1.82) is 0 Å². The molecule has 0 radical (unpaired) electrons. The monoisotopic (exact) mass is 111 g/mol. The second-order valence-corrected chi connectivity index (χ2v) is 1.35. The summed E-state index contributed by atoms with van der Waals surface area (Å²) in [5, 5.41) is 3.89. The maximum Gasteiger partial charge on any atom is 1.00 e. The van der Waals surface area contributed by atoms with E-state index in [-0.39, 0.29) is 51.4 Å². The average molecular weight is 111 g/mol. The first-order valence-electron chi connectivity index (χ1n) is 1.86. The van der Waals surface area contributed by atoms with Crippen LogP contribution in [0.25, 0.3) is 5.32 Å². The number of nitrogens with zero attached hydrogens (tertiary/aromatic N) is 1. The van der Waals surface area contributed by atoms with Crippen LogP contribution in [0.3, 0.4) is 0 Å². The predicted octanol–water partition coefficient (Wildman–Crippen LogP) is -1.60. The third kappa shape index (κ3) is 9.14. The molecule has 0 aromatic carbocycles. The smallest absolute Gasteiger partial charge is 0.663 e. The molecular formula is C4H10KN. The summed E-state index contributed by atoms with van der Waals surface area (Å²) in [5.74, 6) is 0. The van der Waals surface area contributed by atoms with E-state index in [1.807, 2.05) is 7.05 Å². The SMILES string of the molecule is C[N-]C(C)C.[K+]. The van der Waals surface area contributed by atoms with Crippen LogP contribution in [0.2, 0.25) is 0 Å². The third-order valence-corrected chi connectivity index (χ3v) is 0.516. The van der Waals surface area contributed by atoms with Gasteiger partial charge in [0.1, 0.15) is 0 Å². The second-order valence-electron chi connectivity index (χ2n) is 1.35. The average Bonchev–Trinajstić information content (AvgIpc) is 1.38. The van der Waals surface area contributed by atoms with E-state index < -0.39 is 0 Å². The molecule has 0 aromatic rings. The Balaban J connectivity index is 0. The van der Waals surface area contributed by atoms with Crippen molar-refractivity contribution in [3.8, 4) is 0 Å². The molecule has 0 fully saturated rings. The molecule has 0 atom stereocenters. The van der Waals surface area contributed by atoms with Crippen molar-refractivity contribution < 1.29 is 51.4 Å². The van der Waals surface area contributed by atoms with Crippen molar-refractivity contribution in [2.75, 3.05) is 7.05 Å². The summed E-state index contributed by atoms with van der Waals surface area (Å²) in [6.45, 7) is 4.11. The van der Waals surface area contributed by atoms with Gasteiger partial charge in [0, 0.05) is 0 Å². The molecule has 0 saturated heterocycles. The molecule has 0 aliphatic rings. The summed E-state index contributed by atoms with van der Waals surface area (Å²) in [4.78, 5) is 0. The standard InChI is InChI=1S/C4H10N.K/c1-4(2)5-3;/h4H,1-3H3;/q-1;+1. The summed E-state index contributed by atoms with van der Waals surface area (Å²) < 4.78 is 0. The summed E-state index contributed by atoms with van der Waals surface area (Å²) in [6, 6.07) is 0.509. The quantitative estimate of drug-likeness (QED) is 0.362. The van der Waals surface area contributed by atoms with Crippen molar-refractivity contribution in [3.05, 3.63) is 5.32 Å². The van der Waals surface area contributed by atoms with E-state index in [4.69, 9.17) is 0 Å². The van der Waals surface area contributed by atoms with Crippen LogP contribution in [0.4, 0.5) is 0 Å². The van der Waals surface area contributed by atoms with Crippen molar-refractivity contribution in [3.63, 3.8) is 0 Å². The Kier molecular flexibility index (Phi) is 11.6. The number of rotatable bonds is 1. The molecule has 0 aliphatic heterocycles. The van der Waals surface area contributed by atoms with Gasteiger partial charge in [-0.25, -0.2) is 0 Å². The van der Waals surface area contributed by atoms with E-state index in [1.165, 1.54) is 0 Å². The second kappa shape index (κ2) is 6.60. The van der Waals surface area contributed by atoms with E-state index in [2.05, 4.69) is 19.2 Å². The molecular weight excluding hydrogens is 101 g/mol. The Hall–Kier alpha value is 1.60. The van der Waals surface area contributed by atoms with Gasteiger partial charge >= 0.3 is 51.4 Å². The summed E-state index contributed by atoms with van der Waals surface area (Å²) in [7, 11) is 1.82. The zero-order chi connectivity index (χ0) is 4.28. The van der Waals surface area contributed by atoms with Gasteiger partial charge in [-0.3, -0.25) is 0 Å². The maximum absolute atomic E-state index is 3.89. The molecule has 0 N–H and O–H groups in total. The molecule has 0 amide bonds. The first-order chi connectivity index (χ1) is 2.27. The molecule has 0 spiro atoms. The van der Waals surface area contributed by atoms with Gasteiger partial charge in [-0.15, -0.1) is 6.04 Å². The predicted molar refractivity (Wildman–Crippen MR) is 24.4 cm³/mol. The molecule has 0 unspecified atom stereocenters. The Morgan fingerprint density at radius 3 is 1.50 bits per heavy atom. The van der Waals surface area contributed by atoms with E-state index in [0.717, 1.165) is 0 Å². The first-order valence-corrected chi connectivity index (χ1v) is 1.86. The third-order valence-electron chi connectivity index (χ3n) is 0.516. The molecule has 2 heteroatoms. The Morgan fingerprint density at radius 1 is 1.33 bits per heavy atom. The Morgan fingerprint density at radius 2 is 1.50 bits per heavy atom. The van der Waals surface area contributed by atoms with Gasteiger partial charge in [0.2, 0.25) is 0 Å². The first kappa shape index (κ1) is 10.6. The van der Waals surface area contributed by atoms with Gasteiger partial charge in [-0.05, 0) is 0 Å². The fourth-order valence-corrected chi connectivity index (χ4v) is 0. The van der Waals surface area contributed by atoms with E-state index in [9.17, 15) is 0 Å². The van der Waals surface area contributed by atoms with Crippen molar-refractivity contribution in [1.82, 2.24) is 0 Å². The molecule has 0 aromatic heterocycles. The zero-order valence-corrected chi connectivity index (χ0v) is 8.15. The molecule has 0 bridgehead atoms. The number of hydrogen-bond acceptors (Lipinski definition) is 0. The molecule has 32 valence electrons. The minimum atomic E-state index is 0. The van der Waals surface area contributed by atoms with Crippen LogP contribution in [-0.2, 0) is 0 Å². The van der Waals surface area contributed by atoms with E-state index >= 15 is 0 Å². The van der Waals surface area contributed by atoms with Crippen LogP contribution in [0, 0.1) is 0 Å². The zero-order valence-electron chi connectivity index (χ0n) is 5.02. The molecule has 0 saturated carbocycles. The fraction of sp³-hybridized carbons (Fsp3) is 1.00. The molecule has 0 heterocycles. The molecule has 0 aliphatic carbocycles. The largest absolute Gasteiger partial charge is 1.00 e. The van der Waals surface area contributed by atoms with Gasteiger partial charge in [0.05, 0.1) is 0 Å². The van der Waals surface area contributed by atoms with Crippen molar-refractivity contribution in [2.24, 2.45) is 0 Å². The van der Waals surface area contributed by atoms with Crippen LogP contribution in [-0.4, -0.2) is 13.1 Å². The van der Waals surface area contributed by atoms with Crippen molar-refractivity contribution in [2.45, 2.75) is 19.9 Å². The molecule has 0 rings (SSSR count). The Labute approximate surface area is 82.3 Å². The normalized spacial score (nSPS) is 8.00. The minimum Gasteiger partial charge on any atom is -0.663 e. The van der Waals surface area contributed by atoms with Crippen LogP contribution in [0.1, 0.15) is 13.8 Å². The van der Waals surface area contributed by atoms with Gasteiger partial charge in [0.15, 0.2) is 0 Å². The molecule has 6 heavy (non-hydrogen) atoms. The number of hydrogen-bond donors (Lipinski definition) is 0. The van der Waals surface area contributed by atoms with Gasteiger partial charge in [-0.1, -0.05) is 13.8 Å². The maximum atomic E-state index is 3.89. The summed E-state index contributed by atoms with van der Waals surface area (Å²) in [5.41, 5.74) is 0. The van der Waals surface area contributed by atoms with Crippen LogP contribution in [0.5, 0.6) is 0 Å². The van der Waals surface area contributed by atoms with Crippen LogP contribution in [0.15, 0.2) is 0 Å². The van der Waals surface area contributed by atoms with Gasteiger partial charge in [0.25, 0.3) is 0 Å². The fourth-order valence-electron chi connectivity index (χ4n) is 0. The minimum absolute atomic E-state index is 0. The van der Waals surface area contributed by atoms with Crippen LogP contribution >= 0.6 is 0 Å². The summed E-state index contributed by atoms with van der Waals surface area (Å²) in [6.07, 6.45) is 0. The van der Waals surface area contributed by atoms with Gasteiger partial charge in [-0.2, -0.15) is 7.05 Å². The summed E-state index contributed by atoms with van der Waals surface area (Å²) >= 11 is 0. The van der Waals surface area contributed by atoms with E-state index in [0.29, 0.717) is 6.04 Å².